The first-order valence-electron chi connectivity index (χ1n) is 21.6. The molecule has 14 nitrogen and oxygen atoms in total. The summed E-state index contributed by atoms with van der Waals surface area (Å²) >= 11 is 0. The lowest BCUT2D eigenvalue weighted by Gasteiger charge is -2.48. The van der Waals surface area contributed by atoms with Gasteiger partial charge < -0.3 is 20.1 Å². The van der Waals surface area contributed by atoms with Crippen LogP contribution in [-0.4, -0.2) is 98.1 Å². The zero-order valence-electron chi connectivity index (χ0n) is 34.7. The number of imidazole rings is 1. The van der Waals surface area contributed by atoms with E-state index in [-0.39, 0.29) is 42.1 Å². The van der Waals surface area contributed by atoms with Gasteiger partial charge in [-0.05, 0) is 112 Å². The number of hydrogen-bond acceptors (Lipinski definition) is 9. The third-order valence-electron chi connectivity index (χ3n) is 13.6. The number of aryl methyl sites for hydroxylation is 2. The maximum atomic E-state index is 14.2. The number of carbonyl (C=O) groups excluding carboxylic acids is 3. The number of morpholine rings is 1. The van der Waals surface area contributed by atoms with Gasteiger partial charge in [-0.1, -0.05) is 6.07 Å². The summed E-state index contributed by atoms with van der Waals surface area (Å²) in [5, 5.41) is 20.3. The molecule has 1 saturated carbocycles. The van der Waals surface area contributed by atoms with E-state index < -0.39 is 46.6 Å². The lowest BCUT2D eigenvalue weighted by molar-refractivity contribution is -0.135. The molecule has 2 aromatic heterocycles. The quantitative estimate of drug-likeness (QED) is 0.126. The molecule has 1 atom stereocenters. The van der Waals surface area contributed by atoms with Crippen molar-refractivity contribution in [2.24, 2.45) is 13.0 Å². The van der Waals surface area contributed by atoms with Gasteiger partial charge in [-0.3, -0.25) is 38.4 Å². The van der Waals surface area contributed by atoms with Crippen molar-refractivity contribution < 1.29 is 37.4 Å². The van der Waals surface area contributed by atoms with Crippen molar-refractivity contribution in [3.05, 3.63) is 87.7 Å². The predicted octanol–water partition coefficient (Wildman–Crippen LogP) is 5.26. The smallest absolute Gasteiger partial charge is 0.329 e. The van der Waals surface area contributed by atoms with Gasteiger partial charge in [0.1, 0.15) is 6.04 Å². The minimum absolute atomic E-state index is 0.124. The third-order valence-corrected chi connectivity index (χ3v) is 13.6. The number of anilines is 1. The number of piperidine rings is 2. The largest absolute Gasteiger partial charge is 0.503 e. The first kappa shape index (κ1) is 41.7. The topological polar surface area (TPSA) is 156 Å². The average Bonchev–Trinajstić information content (AvgIpc) is 3.81. The molecule has 3 aromatic carbocycles. The van der Waals surface area contributed by atoms with Crippen LogP contribution >= 0.6 is 0 Å². The summed E-state index contributed by atoms with van der Waals surface area (Å²) in [6, 6.07) is 12.4. The molecule has 3 N–H and O–H groups in total. The number of nitrogens with zero attached hydrogens (tertiary/aromatic N) is 6. The number of rotatable bonds is 10. The lowest BCUT2D eigenvalue weighted by atomic mass is 9.86. The van der Waals surface area contributed by atoms with Crippen LogP contribution in [0, 0.1) is 23.4 Å². The summed E-state index contributed by atoms with van der Waals surface area (Å²) in [6.07, 6.45) is 9.52. The summed E-state index contributed by atoms with van der Waals surface area (Å²) in [4.78, 5) is 54.9. The Morgan fingerprint density at radius 3 is 2.53 bits per heavy atom. The van der Waals surface area contributed by atoms with E-state index >= 15 is 0 Å². The minimum Gasteiger partial charge on any atom is -0.503 e. The first-order valence-corrected chi connectivity index (χ1v) is 21.6. The normalized spacial score (nSPS) is 22.1. The fourth-order valence-electron chi connectivity index (χ4n) is 9.99. The molecule has 1 unspecified atom stereocenters. The maximum absolute atomic E-state index is 14.2. The molecule has 4 fully saturated rings. The van der Waals surface area contributed by atoms with E-state index in [0.717, 1.165) is 112 Å². The van der Waals surface area contributed by atoms with Gasteiger partial charge in [-0.2, -0.15) is 9.49 Å². The number of hydrogen-bond donors (Lipinski definition) is 3. The van der Waals surface area contributed by atoms with Gasteiger partial charge in [0.2, 0.25) is 17.6 Å². The minimum atomic E-state index is -1.78. The molecule has 5 heterocycles. The monoisotopic (exact) mass is 856 g/mol. The zero-order chi connectivity index (χ0) is 43.3. The number of amides is 3. The molecule has 62 heavy (non-hydrogen) atoms. The van der Waals surface area contributed by atoms with Gasteiger partial charge in [0.25, 0.3) is 5.91 Å². The predicted molar refractivity (Wildman–Crippen MR) is 225 cm³/mol. The van der Waals surface area contributed by atoms with Gasteiger partial charge >= 0.3 is 5.69 Å². The van der Waals surface area contributed by atoms with Crippen molar-refractivity contribution >= 4 is 45.3 Å². The van der Waals surface area contributed by atoms with Crippen molar-refractivity contribution in [1.29, 1.82) is 0 Å². The maximum Gasteiger partial charge on any atom is 0.329 e. The van der Waals surface area contributed by atoms with Crippen LogP contribution in [0.3, 0.4) is 0 Å². The Bertz CT molecular complexity index is 2610. The molecule has 17 heteroatoms. The van der Waals surface area contributed by atoms with Crippen LogP contribution in [-0.2, 0) is 27.8 Å². The number of aromatic nitrogens is 4. The molecule has 4 aliphatic rings. The third kappa shape index (κ3) is 8.07. The summed E-state index contributed by atoms with van der Waals surface area (Å²) in [7, 11) is 1.72. The number of carbonyl (C=O) groups is 3. The van der Waals surface area contributed by atoms with E-state index in [1.807, 2.05) is 22.9 Å². The number of aromatic hydroxyl groups is 1. The van der Waals surface area contributed by atoms with Crippen molar-refractivity contribution in [1.82, 2.24) is 34.4 Å². The van der Waals surface area contributed by atoms with E-state index in [0.29, 0.717) is 24.6 Å². The molecular weight excluding hydrogens is 806 g/mol. The number of imide groups is 1. The number of phenolic OH excluding ortho intramolecular Hbond substituents is 1. The van der Waals surface area contributed by atoms with E-state index in [4.69, 9.17) is 9.84 Å². The van der Waals surface area contributed by atoms with Crippen LogP contribution in [0.25, 0.3) is 21.9 Å². The van der Waals surface area contributed by atoms with E-state index in [1.54, 1.807) is 11.6 Å². The average molecular weight is 857 g/mol. The van der Waals surface area contributed by atoms with E-state index in [1.165, 1.54) is 4.57 Å². The number of fused-ring (bicyclic) bond motifs is 2. The van der Waals surface area contributed by atoms with Crippen molar-refractivity contribution in [3.8, 4) is 5.75 Å². The molecule has 3 amide bonds. The molecule has 9 rings (SSSR count). The highest BCUT2D eigenvalue weighted by molar-refractivity contribution is 6.00. The second-order valence-corrected chi connectivity index (χ2v) is 17.5. The highest BCUT2D eigenvalue weighted by Gasteiger charge is 2.40. The van der Waals surface area contributed by atoms with Crippen LogP contribution in [0.4, 0.5) is 18.9 Å². The molecule has 0 bridgehead atoms. The fraction of sp³-hybridized carbons (Fsp3) is 0.489. The Morgan fingerprint density at radius 2 is 1.76 bits per heavy atom. The van der Waals surface area contributed by atoms with Crippen molar-refractivity contribution in [2.75, 3.05) is 50.8 Å². The Morgan fingerprint density at radius 1 is 0.968 bits per heavy atom. The van der Waals surface area contributed by atoms with Crippen LogP contribution in [0.1, 0.15) is 85.8 Å². The molecule has 5 aromatic rings. The molecule has 1 aliphatic carbocycles. The zero-order valence-corrected chi connectivity index (χ0v) is 34.7. The summed E-state index contributed by atoms with van der Waals surface area (Å²) < 4.78 is 53.3. The summed E-state index contributed by atoms with van der Waals surface area (Å²) in [5.41, 5.74) is 3.44. The Labute approximate surface area is 355 Å². The van der Waals surface area contributed by atoms with Crippen molar-refractivity contribution in [3.63, 3.8) is 0 Å². The number of ether oxygens (including phenoxy) is 1. The molecule has 1 spiro atoms. The van der Waals surface area contributed by atoms with Gasteiger partial charge in [0.05, 0.1) is 40.4 Å². The Kier molecular flexibility index (Phi) is 11.3. The Balaban J connectivity index is 0.747. The molecule has 0 radical (unpaired) electrons. The van der Waals surface area contributed by atoms with E-state index in [2.05, 4.69) is 44.8 Å². The Hall–Kier alpha value is -5.68. The fourth-order valence-corrected chi connectivity index (χ4v) is 9.99. The highest BCUT2D eigenvalue weighted by atomic mass is 19.2. The van der Waals surface area contributed by atoms with Crippen molar-refractivity contribution in [2.45, 2.75) is 81.9 Å². The van der Waals surface area contributed by atoms with Gasteiger partial charge in [-0.15, -0.1) is 0 Å². The summed E-state index contributed by atoms with van der Waals surface area (Å²) in [5.74, 6) is -7.74. The standard InChI is InChI=1S/C45H51F3N8O6/c1-52-37-21-27(6-11-35(37)56(44(52)61)36-12-13-38(57)50-43(36)60)3-2-16-53-19-20-62-45(26-53)14-17-54(18-15-45)31-10-7-29-25-55(51-34(29)22-31)30-8-4-28(5-9-30)24-49-42(59)32-23-33(46)41(58)40(48)39(32)47/h6-7,10-11,21-23,25,28,30,36,58H,2-5,8-9,12-20,24,26H2,1H3,(H,49,59)(H,50,57,60)/t28-,30-,36?. The number of phenols is 1. The lowest BCUT2D eigenvalue weighted by Crippen LogP contribution is -2.57. The molecule has 328 valence electrons. The first-order chi connectivity index (χ1) is 29.9. The SMILES string of the molecule is Cn1c(=O)n(C2CCC(=O)NC2=O)c2ccc(CCCN3CCOC4(CCN(c5ccc6cn([C@H]7CC[C@H](CNC(=O)c8cc(F)c(O)c(F)c8F)CC7)nc6c5)CC4)C3)cc21. The van der Waals surface area contributed by atoms with Gasteiger partial charge in [0, 0.05) is 63.5 Å². The number of nitrogens with one attached hydrogen (secondary N) is 2. The van der Waals surface area contributed by atoms with E-state index in [9.17, 15) is 37.5 Å². The summed E-state index contributed by atoms with van der Waals surface area (Å²) in [6.45, 7) is 5.41. The molecule has 3 saturated heterocycles. The number of benzene rings is 3. The molecule has 3 aliphatic heterocycles. The van der Waals surface area contributed by atoms with Crippen LogP contribution in [0.2, 0.25) is 0 Å². The van der Waals surface area contributed by atoms with Crippen LogP contribution in [0.5, 0.6) is 5.75 Å². The second-order valence-electron chi connectivity index (χ2n) is 17.5. The second kappa shape index (κ2) is 16.9. The molecular formula is C45H51F3N8O6. The highest BCUT2D eigenvalue weighted by Crippen LogP contribution is 2.36. The van der Waals surface area contributed by atoms with Gasteiger partial charge in [-0.25, -0.2) is 13.6 Å². The van der Waals surface area contributed by atoms with Crippen LogP contribution in [0.15, 0.2) is 53.5 Å². The van der Waals surface area contributed by atoms with Gasteiger partial charge in [0.15, 0.2) is 17.4 Å². The number of halogens is 3. The van der Waals surface area contributed by atoms with Crippen LogP contribution < -0.4 is 21.2 Å².